The number of carbonyl (C=O) groups is 2. The van der Waals surface area contributed by atoms with Crippen LogP contribution in [-0.4, -0.2) is 69.4 Å². The Bertz CT molecular complexity index is 1620. The molecule has 3 unspecified atom stereocenters. The molecule has 0 aliphatic carbocycles. The van der Waals surface area contributed by atoms with E-state index in [4.69, 9.17) is 13.8 Å². The molecule has 0 radical (unpaired) electrons. The van der Waals surface area contributed by atoms with E-state index in [1.54, 1.807) is 0 Å². The maximum absolute atomic E-state index is 13.6. The lowest BCUT2D eigenvalue weighted by Crippen LogP contribution is -2.47. The zero-order valence-corrected chi connectivity index (χ0v) is 54.9. The van der Waals surface area contributed by atoms with Crippen LogP contribution in [0.3, 0.4) is 0 Å². The number of esters is 1. The van der Waals surface area contributed by atoms with Gasteiger partial charge in [0.2, 0.25) is 5.91 Å². The minimum atomic E-state index is -4.71. The van der Waals surface area contributed by atoms with Gasteiger partial charge in [0.15, 0.2) is 0 Å². The Morgan fingerprint density at radius 1 is 0.432 bits per heavy atom. The molecule has 9 nitrogen and oxygen atoms in total. The quantitative estimate of drug-likeness (QED) is 0.0212. The molecular formula is C71H131N2O7P. The summed E-state index contributed by atoms with van der Waals surface area (Å²) >= 11 is 0. The van der Waals surface area contributed by atoms with Crippen LogP contribution in [0, 0.1) is 0 Å². The van der Waals surface area contributed by atoms with Crippen LogP contribution in [0.1, 0.15) is 316 Å². The van der Waals surface area contributed by atoms with Crippen LogP contribution in [0.15, 0.2) is 72.9 Å². The van der Waals surface area contributed by atoms with Crippen molar-refractivity contribution in [3.8, 4) is 0 Å². The number of amides is 1. The summed E-state index contributed by atoms with van der Waals surface area (Å²) < 4.78 is 30.4. The van der Waals surface area contributed by atoms with Crippen LogP contribution >= 0.6 is 7.82 Å². The van der Waals surface area contributed by atoms with Crippen molar-refractivity contribution in [1.82, 2.24) is 5.32 Å². The van der Waals surface area contributed by atoms with Crippen molar-refractivity contribution in [3.05, 3.63) is 72.9 Å². The molecule has 0 aliphatic heterocycles. The molecule has 1 N–H and O–H groups in total. The molecule has 0 bridgehead atoms. The Morgan fingerprint density at radius 2 is 0.753 bits per heavy atom. The van der Waals surface area contributed by atoms with Crippen molar-refractivity contribution in [2.75, 3.05) is 40.9 Å². The minimum Gasteiger partial charge on any atom is -0.756 e. The molecule has 0 fully saturated rings. The highest BCUT2D eigenvalue weighted by Crippen LogP contribution is 2.38. The summed E-state index contributed by atoms with van der Waals surface area (Å²) in [6, 6.07) is -0.904. The molecule has 0 aromatic carbocycles. The number of carbonyl (C=O) groups excluding carboxylic acids is 2. The van der Waals surface area contributed by atoms with Crippen molar-refractivity contribution in [2.24, 2.45) is 0 Å². The van der Waals surface area contributed by atoms with Gasteiger partial charge in [-0.2, -0.15) is 0 Å². The maximum atomic E-state index is 13.6. The van der Waals surface area contributed by atoms with Gasteiger partial charge in [-0.3, -0.25) is 14.2 Å². The normalized spacial score (nSPS) is 14.0. The molecule has 81 heavy (non-hydrogen) atoms. The van der Waals surface area contributed by atoms with E-state index in [1.165, 1.54) is 199 Å². The third-order valence-electron chi connectivity index (χ3n) is 15.1. The monoisotopic (exact) mass is 1150 g/mol. The summed E-state index contributed by atoms with van der Waals surface area (Å²) in [6.07, 6.45) is 78.7. The largest absolute Gasteiger partial charge is 0.756 e. The maximum Gasteiger partial charge on any atom is 0.306 e. The number of hydrogen-bond donors (Lipinski definition) is 1. The van der Waals surface area contributed by atoms with Crippen LogP contribution in [0.2, 0.25) is 0 Å². The number of nitrogens with zero attached hydrogens (tertiary/aromatic N) is 1. The number of phosphoric acid groups is 1. The van der Waals surface area contributed by atoms with Crippen molar-refractivity contribution in [2.45, 2.75) is 328 Å². The summed E-state index contributed by atoms with van der Waals surface area (Å²) in [7, 11) is 1.17. The first-order valence-electron chi connectivity index (χ1n) is 34.2. The molecule has 0 spiro atoms. The number of allylic oxidation sites excluding steroid dienone is 11. The van der Waals surface area contributed by atoms with Crippen molar-refractivity contribution in [1.29, 1.82) is 0 Å². The van der Waals surface area contributed by atoms with Gasteiger partial charge in [-0.25, -0.2) is 0 Å². The van der Waals surface area contributed by atoms with E-state index in [-0.39, 0.29) is 24.9 Å². The fourth-order valence-electron chi connectivity index (χ4n) is 9.80. The smallest absolute Gasteiger partial charge is 0.306 e. The second-order valence-corrected chi connectivity index (χ2v) is 25.7. The third kappa shape index (κ3) is 61.8. The lowest BCUT2D eigenvalue weighted by Gasteiger charge is -2.30. The zero-order chi connectivity index (χ0) is 59.3. The van der Waals surface area contributed by atoms with Crippen LogP contribution in [0.5, 0.6) is 0 Å². The van der Waals surface area contributed by atoms with Crippen LogP contribution in [-0.2, 0) is 27.9 Å². The summed E-state index contributed by atoms with van der Waals surface area (Å²) in [6.45, 7) is 6.82. The molecule has 1 amide bonds. The molecule has 0 heterocycles. The summed E-state index contributed by atoms with van der Waals surface area (Å²) in [5, 5.41) is 3.03. The predicted octanol–water partition coefficient (Wildman–Crippen LogP) is 20.9. The molecule has 472 valence electrons. The van der Waals surface area contributed by atoms with Crippen molar-refractivity contribution in [3.63, 3.8) is 0 Å². The van der Waals surface area contributed by atoms with Gasteiger partial charge in [-0.1, -0.05) is 274 Å². The fourth-order valence-corrected chi connectivity index (χ4v) is 10.5. The Balaban J connectivity index is 5.20. The van der Waals surface area contributed by atoms with Gasteiger partial charge in [0.25, 0.3) is 7.82 Å². The number of quaternary nitrogens is 1. The number of hydrogen-bond acceptors (Lipinski definition) is 7. The number of phosphoric ester groups is 1. The highest BCUT2D eigenvalue weighted by Gasteiger charge is 2.27. The van der Waals surface area contributed by atoms with Crippen LogP contribution in [0.25, 0.3) is 0 Å². The molecule has 10 heteroatoms. The topological polar surface area (TPSA) is 114 Å². The van der Waals surface area contributed by atoms with E-state index in [9.17, 15) is 19.0 Å². The SMILES string of the molecule is CCCCC/C=C\C/C=C\C/C=C\C/C=C\CCCCCC(=O)OC(/C=C\CCCCCCCCCCCCC)C(COP(=O)([O-])OCC[N+](C)(C)C)NC(=O)CCCCCCCCCCCCCCC/C=C/CCCCCCCC. The minimum absolute atomic E-state index is 0.0289. The number of likely N-dealkylation sites (N-methyl/N-ethyl adjacent to an activating group) is 1. The molecular weight excluding hydrogens is 1020 g/mol. The average molecular weight is 1160 g/mol. The third-order valence-corrected chi connectivity index (χ3v) is 16.1. The Morgan fingerprint density at radius 3 is 1.17 bits per heavy atom. The van der Waals surface area contributed by atoms with E-state index in [1.807, 2.05) is 33.3 Å². The fraction of sp³-hybridized carbons (Fsp3) is 0.803. The second kappa shape index (κ2) is 60.6. The first-order chi connectivity index (χ1) is 39.4. The number of rotatable bonds is 62. The summed E-state index contributed by atoms with van der Waals surface area (Å²) in [5.74, 6) is -0.569. The van der Waals surface area contributed by atoms with E-state index in [0.29, 0.717) is 23.9 Å². The van der Waals surface area contributed by atoms with Gasteiger partial charge in [0.05, 0.1) is 33.8 Å². The first-order valence-corrected chi connectivity index (χ1v) is 35.7. The van der Waals surface area contributed by atoms with E-state index in [0.717, 1.165) is 77.0 Å². The van der Waals surface area contributed by atoms with Crippen molar-refractivity contribution >= 4 is 19.7 Å². The summed E-state index contributed by atoms with van der Waals surface area (Å²) in [5.41, 5.74) is 0. The van der Waals surface area contributed by atoms with Crippen LogP contribution < -0.4 is 10.2 Å². The van der Waals surface area contributed by atoms with Gasteiger partial charge < -0.3 is 28.5 Å². The molecule has 0 saturated carbocycles. The zero-order valence-electron chi connectivity index (χ0n) is 54.0. The van der Waals surface area contributed by atoms with Crippen molar-refractivity contribution < 1.29 is 37.3 Å². The van der Waals surface area contributed by atoms with Gasteiger partial charge in [-0.15, -0.1) is 0 Å². The first kappa shape index (κ1) is 78.5. The molecule has 0 saturated heterocycles. The number of ether oxygens (including phenoxy) is 1. The Kier molecular flexibility index (Phi) is 58.7. The van der Waals surface area contributed by atoms with E-state index in [2.05, 4.69) is 86.8 Å². The summed E-state index contributed by atoms with van der Waals surface area (Å²) in [4.78, 5) is 40.1. The van der Waals surface area contributed by atoms with Gasteiger partial charge >= 0.3 is 5.97 Å². The lowest BCUT2D eigenvalue weighted by molar-refractivity contribution is -0.870. The predicted molar refractivity (Wildman–Crippen MR) is 348 cm³/mol. The number of nitrogens with one attached hydrogen (secondary N) is 1. The molecule has 0 aromatic heterocycles. The average Bonchev–Trinajstić information content (AvgIpc) is 3.44. The molecule has 0 aromatic rings. The molecule has 0 rings (SSSR count). The van der Waals surface area contributed by atoms with Gasteiger partial charge in [-0.05, 0) is 102 Å². The second-order valence-electron chi connectivity index (χ2n) is 24.3. The molecule has 0 aliphatic rings. The van der Waals surface area contributed by atoms with Crippen LogP contribution in [0.4, 0.5) is 0 Å². The van der Waals surface area contributed by atoms with E-state index >= 15 is 0 Å². The van der Waals surface area contributed by atoms with Gasteiger partial charge in [0, 0.05) is 12.8 Å². The highest BCUT2D eigenvalue weighted by molar-refractivity contribution is 7.45. The Labute approximate surface area is 502 Å². The lowest BCUT2D eigenvalue weighted by atomic mass is 10.0. The molecule has 3 atom stereocenters. The number of unbranched alkanes of at least 4 members (excludes halogenated alkanes) is 36. The highest BCUT2D eigenvalue weighted by atomic mass is 31.2. The Hall–Kier alpha value is -2.55. The van der Waals surface area contributed by atoms with E-state index < -0.39 is 26.6 Å². The van der Waals surface area contributed by atoms with Gasteiger partial charge in [0.1, 0.15) is 19.3 Å². The standard InChI is InChI=1S/C71H131N2O7P/c1-7-10-13-16-19-22-25-28-30-32-34-35-36-37-39-40-42-45-48-51-54-57-60-63-70(74)72-68(67-79-81(76,77)78-66-65-73(4,5)6)69(62-59-56-53-50-47-44-27-24-21-18-15-12-9-3)80-71(75)64-61-58-55-52-49-46-43-41-38-33-31-29-26-23-20-17-14-11-8-2/h20,23,28-31,38,41,46,49,59,62,68-69H,7-19,21-22,24-27,32-37,39-40,42-45,47-48,50-58,60-61,63-67H2,1-6H3,(H-,72,74,76,77)/b23-20-,30-28+,31-29-,41-38-,49-46-,62-59-.